The van der Waals surface area contributed by atoms with E-state index in [1.165, 1.54) is 12.1 Å². The maximum absolute atomic E-state index is 13.7. The average molecular weight is 264 g/mol. The highest BCUT2D eigenvalue weighted by Crippen LogP contribution is 2.35. The number of aromatic nitrogens is 2. The second kappa shape index (κ2) is 4.31. The number of hydrogen-bond donors (Lipinski definition) is 1. The average Bonchev–Trinajstić information content (AvgIpc) is 2.99. The molecule has 1 aliphatic heterocycles. The standard InChI is InChI=1S/C13H13FN2O3/c1-13(5-2-6-18-13)12-15-11(19-16-12)9-4-3-8(17)7-10(9)14/h3-4,7,17H,2,5-6H2,1H3. The smallest absolute Gasteiger partial charge is 0.261 e. The molecule has 3 rings (SSSR count). The zero-order valence-corrected chi connectivity index (χ0v) is 10.4. The van der Waals surface area contributed by atoms with E-state index in [0.29, 0.717) is 12.4 Å². The molecule has 6 heteroatoms. The van der Waals surface area contributed by atoms with Crippen molar-refractivity contribution in [3.05, 3.63) is 29.8 Å². The summed E-state index contributed by atoms with van der Waals surface area (Å²) in [4.78, 5) is 4.20. The van der Waals surface area contributed by atoms with Gasteiger partial charge in [0.1, 0.15) is 17.2 Å². The molecule has 19 heavy (non-hydrogen) atoms. The number of phenolic OH excluding ortho intramolecular Hbond substituents is 1. The van der Waals surface area contributed by atoms with Crippen LogP contribution in [-0.2, 0) is 10.3 Å². The lowest BCUT2D eigenvalue weighted by Crippen LogP contribution is -2.21. The highest BCUT2D eigenvalue weighted by Gasteiger charge is 2.36. The van der Waals surface area contributed by atoms with Gasteiger partial charge in [0.05, 0.1) is 5.56 Å². The third kappa shape index (κ3) is 2.08. The molecule has 0 radical (unpaired) electrons. The number of aromatic hydroxyl groups is 1. The van der Waals surface area contributed by atoms with Crippen LogP contribution in [0.1, 0.15) is 25.6 Å². The Kier molecular flexibility index (Phi) is 2.74. The molecule has 1 N–H and O–H groups in total. The molecule has 2 aromatic rings. The summed E-state index contributed by atoms with van der Waals surface area (Å²) in [5.41, 5.74) is -0.395. The van der Waals surface area contributed by atoms with E-state index in [1.54, 1.807) is 0 Å². The van der Waals surface area contributed by atoms with Crippen LogP contribution in [0.3, 0.4) is 0 Å². The number of benzene rings is 1. The van der Waals surface area contributed by atoms with Crippen LogP contribution in [0.4, 0.5) is 4.39 Å². The Hall–Kier alpha value is -1.95. The highest BCUT2D eigenvalue weighted by molar-refractivity contribution is 5.55. The minimum Gasteiger partial charge on any atom is -0.508 e. The Bertz CT molecular complexity index is 606. The first-order valence-electron chi connectivity index (χ1n) is 6.05. The maximum Gasteiger partial charge on any atom is 0.261 e. The number of phenols is 1. The van der Waals surface area contributed by atoms with Gasteiger partial charge in [-0.2, -0.15) is 4.98 Å². The molecule has 5 nitrogen and oxygen atoms in total. The van der Waals surface area contributed by atoms with E-state index >= 15 is 0 Å². The van der Waals surface area contributed by atoms with Gasteiger partial charge in [-0.1, -0.05) is 5.16 Å². The summed E-state index contributed by atoms with van der Waals surface area (Å²) in [6, 6.07) is 3.78. The third-order valence-corrected chi connectivity index (χ3v) is 3.30. The van der Waals surface area contributed by atoms with Crippen molar-refractivity contribution in [2.45, 2.75) is 25.4 Å². The summed E-state index contributed by atoms with van der Waals surface area (Å²) in [5, 5.41) is 13.0. The molecule has 1 aliphatic rings. The van der Waals surface area contributed by atoms with Crippen LogP contribution in [-0.4, -0.2) is 21.9 Å². The first-order chi connectivity index (χ1) is 9.08. The molecule has 0 aliphatic carbocycles. The Morgan fingerprint density at radius 1 is 1.42 bits per heavy atom. The number of nitrogens with zero attached hydrogens (tertiary/aromatic N) is 2. The van der Waals surface area contributed by atoms with Crippen LogP contribution in [0.2, 0.25) is 0 Å². The molecule has 1 unspecified atom stereocenters. The van der Waals surface area contributed by atoms with E-state index in [4.69, 9.17) is 9.26 Å². The molecule has 1 fully saturated rings. The molecule has 1 saturated heterocycles. The molecule has 0 amide bonds. The second-order valence-corrected chi connectivity index (χ2v) is 4.77. The van der Waals surface area contributed by atoms with Gasteiger partial charge in [-0.05, 0) is 31.9 Å². The lowest BCUT2D eigenvalue weighted by atomic mass is 10.0. The van der Waals surface area contributed by atoms with E-state index < -0.39 is 11.4 Å². The number of halogens is 1. The van der Waals surface area contributed by atoms with Crippen molar-refractivity contribution in [2.75, 3.05) is 6.61 Å². The fourth-order valence-corrected chi connectivity index (χ4v) is 2.18. The van der Waals surface area contributed by atoms with Gasteiger partial charge in [-0.3, -0.25) is 0 Å². The van der Waals surface area contributed by atoms with Gasteiger partial charge < -0.3 is 14.4 Å². The van der Waals surface area contributed by atoms with Crippen molar-refractivity contribution in [2.24, 2.45) is 0 Å². The zero-order valence-electron chi connectivity index (χ0n) is 10.4. The summed E-state index contributed by atoms with van der Waals surface area (Å²) in [6.07, 6.45) is 1.75. The molecular formula is C13H13FN2O3. The minimum absolute atomic E-state index is 0.0872. The lowest BCUT2D eigenvalue weighted by molar-refractivity contribution is 0.00768. The molecule has 0 bridgehead atoms. The molecule has 0 spiro atoms. The van der Waals surface area contributed by atoms with Crippen molar-refractivity contribution in [1.82, 2.24) is 10.1 Å². The van der Waals surface area contributed by atoms with Gasteiger partial charge in [-0.25, -0.2) is 4.39 Å². The monoisotopic (exact) mass is 264 g/mol. The maximum atomic E-state index is 13.7. The summed E-state index contributed by atoms with van der Waals surface area (Å²) in [7, 11) is 0. The van der Waals surface area contributed by atoms with Crippen LogP contribution in [0.25, 0.3) is 11.5 Å². The van der Waals surface area contributed by atoms with Crippen molar-refractivity contribution in [3.63, 3.8) is 0 Å². The topological polar surface area (TPSA) is 68.4 Å². The summed E-state index contributed by atoms with van der Waals surface area (Å²) < 4.78 is 24.4. The van der Waals surface area contributed by atoms with E-state index in [-0.39, 0.29) is 17.2 Å². The quantitative estimate of drug-likeness (QED) is 0.903. The van der Waals surface area contributed by atoms with Crippen LogP contribution in [0, 0.1) is 5.82 Å². The molecule has 0 saturated carbocycles. The van der Waals surface area contributed by atoms with Crippen LogP contribution in [0.15, 0.2) is 22.7 Å². The van der Waals surface area contributed by atoms with Crippen molar-refractivity contribution in [1.29, 1.82) is 0 Å². The molecule has 100 valence electrons. The first-order valence-corrected chi connectivity index (χ1v) is 6.05. The van der Waals surface area contributed by atoms with Crippen LogP contribution >= 0.6 is 0 Å². The van der Waals surface area contributed by atoms with E-state index in [2.05, 4.69) is 10.1 Å². The van der Waals surface area contributed by atoms with Gasteiger partial charge in [0.15, 0.2) is 0 Å². The van der Waals surface area contributed by atoms with Gasteiger partial charge >= 0.3 is 0 Å². The fraction of sp³-hybridized carbons (Fsp3) is 0.385. The third-order valence-electron chi connectivity index (χ3n) is 3.30. The van der Waals surface area contributed by atoms with Gasteiger partial charge in [0, 0.05) is 12.7 Å². The minimum atomic E-state index is -0.604. The number of hydrogen-bond acceptors (Lipinski definition) is 5. The Morgan fingerprint density at radius 3 is 2.95 bits per heavy atom. The number of ether oxygens (including phenoxy) is 1. The second-order valence-electron chi connectivity index (χ2n) is 4.77. The van der Waals surface area contributed by atoms with E-state index in [9.17, 15) is 9.50 Å². The van der Waals surface area contributed by atoms with E-state index in [1.807, 2.05) is 6.92 Å². The highest BCUT2D eigenvalue weighted by atomic mass is 19.1. The Morgan fingerprint density at radius 2 is 2.26 bits per heavy atom. The molecule has 1 atom stereocenters. The molecule has 1 aromatic heterocycles. The number of rotatable bonds is 2. The SMILES string of the molecule is CC1(c2noc(-c3ccc(O)cc3F)n2)CCCO1. The van der Waals surface area contributed by atoms with E-state index in [0.717, 1.165) is 18.9 Å². The van der Waals surface area contributed by atoms with Crippen molar-refractivity contribution < 1.29 is 18.8 Å². The zero-order chi connectivity index (χ0) is 13.5. The normalized spacial score (nSPS) is 22.8. The summed E-state index contributed by atoms with van der Waals surface area (Å²) in [6.45, 7) is 2.55. The Balaban J connectivity index is 1.97. The van der Waals surface area contributed by atoms with Crippen molar-refractivity contribution >= 4 is 0 Å². The Labute approximate surface area is 109 Å². The van der Waals surface area contributed by atoms with Gasteiger partial charge in [0.2, 0.25) is 5.82 Å². The van der Waals surface area contributed by atoms with Gasteiger partial charge in [0.25, 0.3) is 5.89 Å². The van der Waals surface area contributed by atoms with Crippen LogP contribution < -0.4 is 0 Å². The predicted octanol–water partition coefficient (Wildman–Crippen LogP) is 2.61. The summed E-state index contributed by atoms with van der Waals surface area (Å²) >= 11 is 0. The fourth-order valence-electron chi connectivity index (χ4n) is 2.18. The van der Waals surface area contributed by atoms with Crippen molar-refractivity contribution in [3.8, 4) is 17.2 Å². The lowest BCUT2D eigenvalue weighted by Gasteiger charge is -2.17. The largest absolute Gasteiger partial charge is 0.508 e. The molecule has 2 heterocycles. The summed E-state index contributed by atoms with van der Waals surface area (Å²) in [5.74, 6) is -0.239. The molecular weight excluding hydrogens is 251 g/mol. The van der Waals surface area contributed by atoms with Crippen LogP contribution in [0.5, 0.6) is 5.75 Å². The van der Waals surface area contributed by atoms with Gasteiger partial charge in [-0.15, -0.1) is 0 Å². The molecule has 1 aromatic carbocycles. The first kappa shape index (κ1) is 12.1. The predicted molar refractivity (Wildman–Crippen MR) is 63.9 cm³/mol.